The van der Waals surface area contributed by atoms with Gasteiger partial charge in [0, 0.05) is 0 Å². The SMILES string of the molecule is CCOC(=O)C1NCCCS1.Cl. The molecular formula is C7H14ClNO2S. The number of esters is 1. The molecule has 1 N–H and O–H groups in total. The van der Waals surface area contributed by atoms with Crippen molar-refractivity contribution in [1.82, 2.24) is 5.32 Å². The minimum absolute atomic E-state index is 0. The molecule has 0 aliphatic carbocycles. The standard InChI is InChI=1S/C7H13NO2S.ClH/c1-2-10-7(9)6-8-4-3-5-11-6;/h6,8H,2-5H2,1H3;1H. The van der Waals surface area contributed by atoms with E-state index in [0.29, 0.717) is 6.61 Å². The van der Waals surface area contributed by atoms with Crippen LogP contribution in [0.3, 0.4) is 0 Å². The molecule has 1 rings (SSSR count). The normalized spacial score (nSPS) is 22.6. The van der Waals surface area contributed by atoms with E-state index in [0.717, 1.165) is 18.7 Å². The maximum atomic E-state index is 11.1. The highest BCUT2D eigenvalue weighted by atomic mass is 35.5. The van der Waals surface area contributed by atoms with Crippen LogP contribution in [0.25, 0.3) is 0 Å². The van der Waals surface area contributed by atoms with Crippen LogP contribution in [0.1, 0.15) is 13.3 Å². The van der Waals surface area contributed by atoms with Crippen molar-refractivity contribution in [3.8, 4) is 0 Å². The van der Waals surface area contributed by atoms with E-state index in [9.17, 15) is 4.79 Å². The Morgan fingerprint density at radius 3 is 3.00 bits per heavy atom. The number of nitrogens with one attached hydrogen (secondary N) is 1. The number of hydrogen-bond donors (Lipinski definition) is 1. The molecule has 3 nitrogen and oxygen atoms in total. The third-order valence-electron chi connectivity index (χ3n) is 1.44. The van der Waals surface area contributed by atoms with Crippen LogP contribution < -0.4 is 5.32 Å². The van der Waals surface area contributed by atoms with E-state index in [1.54, 1.807) is 11.8 Å². The van der Waals surface area contributed by atoms with Gasteiger partial charge in [-0.15, -0.1) is 24.2 Å². The molecule has 72 valence electrons. The Kier molecular flexibility index (Phi) is 6.61. The van der Waals surface area contributed by atoms with Crippen molar-refractivity contribution >= 4 is 30.1 Å². The summed E-state index contributed by atoms with van der Waals surface area (Å²) in [4.78, 5) is 11.1. The van der Waals surface area contributed by atoms with Crippen molar-refractivity contribution in [3.05, 3.63) is 0 Å². The summed E-state index contributed by atoms with van der Waals surface area (Å²) in [6.45, 7) is 3.22. The number of hydrogen-bond acceptors (Lipinski definition) is 4. The zero-order valence-electron chi connectivity index (χ0n) is 7.04. The van der Waals surface area contributed by atoms with Crippen LogP contribution in [-0.4, -0.2) is 30.2 Å². The van der Waals surface area contributed by atoms with Crippen LogP contribution >= 0.6 is 24.2 Å². The molecule has 0 aromatic rings. The molecule has 0 saturated carbocycles. The van der Waals surface area contributed by atoms with E-state index >= 15 is 0 Å². The predicted octanol–water partition coefficient (Wildman–Crippen LogP) is 1.02. The van der Waals surface area contributed by atoms with E-state index in [-0.39, 0.29) is 23.8 Å². The number of thioether (sulfide) groups is 1. The summed E-state index contributed by atoms with van der Waals surface area (Å²) in [6.07, 6.45) is 1.14. The van der Waals surface area contributed by atoms with Crippen molar-refractivity contribution in [2.24, 2.45) is 0 Å². The molecule has 0 radical (unpaired) electrons. The minimum Gasteiger partial charge on any atom is -0.464 e. The van der Waals surface area contributed by atoms with Crippen molar-refractivity contribution in [2.45, 2.75) is 18.7 Å². The predicted molar refractivity (Wildman–Crippen MR) is 52.7 cm³/mol. The van der Waals surface area contributed by atoms with Crippen LogP contribution in [0.4, 0.5) is 0 Å². The number of rotatable bonds is 2. The lowest BCUT2D eigenvalue weighted by Gasteiger charge is -2.20. The van der Waals surface area contributed by atoms with Gasteiger partial charge in [-0.05, 0) is 25.6 Å². The van der Waals surface area contributed by atoms with Gasteiger partial charge in [0.05, 0.1) is 6.61 Å². The van der Waals surface area contributed by atoms with Crippen LogP contribution in [-0.2, 0) is 9.53 Å². The molecule has 0 aromatic heterocycles. The van der Waals surface area contributed by atoms with E-state index in [1.807, 2.05) is 6.92 Å². The zero-order chi connectivity index (χ0) is 8.10. The van der Waals surface area contributed by atoms with E-state index in [4.69, 9.17) is 4.74 Å². The quantitative estimate of drug-likeness (QED) is 0.693. The Morgan fingerprint density at radius 2 is 2.50 bits per heavy atom. The summed E-state index contributed by atoms with van der Waals surface area (Å²) in [5, 5.41) is 2.97. The second kappa shape index (κ2) is 6.57. The van der Waals surface area contributed by atoms with Gasteiger partial charge in [-0.2, -0.15) is 0 Å². The van der Waals surface area contributed by atoms with Gasteiger partial charge in [-0.25, -0.2) is 4.79 Å². The molecule has 1 saturated heterocycles. The maximum absolute atomic E-state index is 11.1. The molecule has 12 heavy (non-hydrogen) atoms. The van der Waals surface area contributed by atoms with Crippen LogP contribution in [0.15, 0.2) is 0 Å². The summed E-state index contributed by atoms with van der Waals surface area (Å²) in [6, 6.07) is 0. The van der Waals surface area contributed by atoms with Gasteiger partial charge >= 0.3 is 5.97 Å². The number of halogens is 1. The number of ether oxygens (including phenoxy) is 1. The minimum atomic E-state index is -0.128. The Morgan fingerprint density at radius 1 is 1.75 bits per heavy atom. The lowest BCUT2D eigenvalue weighted by molar-refractivity contribution is -0.143. The topological polar surface area (TPSA) is 38.3 Å². The van der Waals surface area contributed by atoms with Gasteiger partial charge in [0.1, 0.15) is 0 Å². The van der Waals surface area contributed by atoms with Crippen LogP contribution in [0, 0.1) is 0 Å². The van der Waals surface area contributed by atoms with Gasteiger partial charge in [0.2, 0.25) is 0 Å². The molecule has 0 bridgehead atoms. The first-order chi connectivity index (χ1) is 5.34. The molecule has 0 aromatic carbocycles. The third-order valence-corrected chi connectivity index (χ3v) is 2.65. The second-order valence-electron chi connectivity index (χ2n) is 2.31. The molecule has 0 spiro atoms. The molecule has 1 fully saturated rings. The average molecular weight is 212 g/mol. The smallest absolute Gasteiger partial charge is 0.333 e. The lowest BCUT2D eigenvalue weighted by atomic mass is 10.4. The third kappa shape index (κ3) is 3.65. The largest absolute Gasteiger partial charge is 0.464 e. The Balaban J connectivity index is 0.00000121. The van der Waals surface area contributed by atoms with Gasteiger partial charge < -0.3 is 4.74 Å². The number of carbonyl (C=O) groups excluding carboxylic acids is 1. The van der Waals surface area contributed by atoms with E-state index in [1.165, 1.54) is 0 Å². The van der Waals surface area contributed by atoms with Crippen LogP contribution in [0.2, 0.25) is 0 Å². The monoisotopic (exact) mass is 211 g/mol. The van der Waals surface area contributed by atoms with Crippen molar-refractivity contribution in [1.29, 1.82) is 0 Å². The molecule has 1 heterocycles. The first kappa shape index (κ1) is 12.1. The first-order valence-corrected chi connectivity index (χ1v) is 4.91. The summed E-state index contributed by atoms with van der Waals surface area (Å²) >= 11 is 1.63. The highest BCUT2D eigenvalue weighted by Gasteiger charge is 2.21. The molecule has 5 heteroatoms. The Hall–Kier alpha value is 0.0700. The summed E-state index contributed by atoms with van der Waals surface area (Å²) in [5.74, 6) is 0.924. The zero-order valence-corrected chi connectivity index (χ0v) is 8.67. The molecule has 1 aliphatic rings. The van der Waals surface area contributed by atoms with E-state index < -0.39 is 0 Å². The first-order valence-electron chi connectivity index (χ1n) is 3.86. The summed E-state index contributed by atoms with van der Waals surface area (Å²) in [7, 11) is 0. The van der Waals surface area contributed by atoms with Crippen LogP contribution in [0.5, 0.6) is 0 Å². The van der Waals surface area contributed by atoms with Gasteiger partial charge in [0.15, 0.2) is 5.37 Å². The Bertz CT molecular complexity index is 139. The van der Waals surface area contributed by atoms with Gasteiger partial charge in [-0.1, -0.05) is 0 Å². The fourth-order valence-electron chi connectivity index (χ4n) is 0.935. The average Bonchev–Trinajstić information content (AvgIpc) is 2.07. The van der Waals surface area contributed by atoms with Crippen molar-refractivity contribution < 1.29 is 9.53 Å². The maximum Gasteiger partial charge on any atom is 0.333 e. The van der Waals surface area contributed by atoms with Gasteiger partial charge in [0.25, 0.3) is 0 Å². The molecule has 0 amide bonds. The molecule has 1 aliphatic heterocycles. The summed E-state index contributed by atoms with van der Waals surface area (Å²) < 4.78 is 4.86. The molecule has 1 atom stereocenters. The van der Waals surface area contributed by atoms with Crippen molar-refractivity contribution in [2.75, 3.05) is 18.9 Å². The number of carbonyl (C=O) groups is 1. The molecular weight excluding hydrogens is 198 g/mol. The highest BCUT2D eigenvalue weighted by molar-refractivity contribution is 8.00. The van der Waals surface area contributed by atoms with Crippen molar-refractivity contribution in [3.63, 3.8) is 0 Å². The Labute approximate surface area is 83.0 Å². The summed E-state index contributed by atoms with van der Waals surface area (Å²) in [5.41, 5.74) is 0. The lowest BCUT2D eigenvalue weighted by Crippen LogP contribution is -2.39. The highest BCUT2D eigenvalue weighted by Crippen LogP contribution is 2.15. The second-order valence-corrected chi connectivity index (χ2v) is 3.52. The fourth-order valence-corrected chi connectivity index (χ4v) is 1.92. The fraction of sp³-hybridized carbons (Fsp3) is 0.857. The molecule has 1 unspecified atom stereocenters. The van der Waals surface area contributed by atoms with E-state index in [2.05, 4.69) is 5.32 Å². The van der Waals surface area contributed by atoms with Gasteiger partial charge in [-0.3, -0.25) is 5.32 Å².